The summed E-state index contributed by atoms with van der Waals surface area (Å²) in [6.45, 7) is 0. The van der Waals surface area contributed by atoms with Crippen LogP contribution in [-0.2, 0) is 20.7 Å². The van der Waals surface area contributed by atoms with Gasteiger partial charge in [0.2, 0.25) is 0 Å². The Labute approximate surface area is 193 Å². The molecule has 1 N–H and O–H groups in total. The van der Waals surface area contributed by atoms with Crippen LogP contribution in [0.5, 0.6) is 5.75 Å². The smallest absolute Gasteiger partial charge is 0.309 e. The van der Waals surface area contributed by atoms with E-state index in [9.17, 15) is 9.90 Å². The van der Waals surface area contributed by atoms with Crippen molar-refractivity contribution in [2.45, 2.75) is 23.5 Å². The van der Waals surface area contributed by atoms with Gasteiger partial charge in [-0.15, -0.1) is 0 Å². The summed E-state index contributed by atoms with van der Waals surface area (Å²) in [5, 5.41) is 12.7. The van der Waals surface area contributed by atoms with Crippen molar-refractivity contribution in [3.05, 3.63) is 93.2 Å². The molecular weight excluding hydrogens is 482 g/mol. The fourth-order valence-electron chi connectivity index (χ4n) is 5.20. The predicted molar refractivity (Wildman–Crippen MR) is 119 cm³/mol. The number of methoxy groups -OCH3 is 1. The lowest BCUT2D eigenvalue weighted by molar-refractivity contribution is -0.146. The molecule has 31 heavy (non-hydrogen) atoms. The fraction of sp³-hybridized carbons (Fsp3) is 0.250. The van der Waals surface area contributed by atoms with E-state index in [0.717, 1.165) is 15.6 Å². The molecule has 5 rings (SSSR count). The first-order valence-corrected chi connectivity index (χ1v) is 11.0. The summed E-state index contributed by atoms with van der Waals surface area (Å²) >= 11 is 9.66. The molecule has 1 unspecified atom stereocenters. The molecule has 158 valence electrons. The molecular formula is C24H19BrClNO4. The second-order valence-electron chi connectivity index (χ2n) is 7.93. The number of esters is 1. The Kier molecular flexibility index (Phi) is 4.84. The van der Waals surface area contributed by atoms with Gasteiger partial charge in [-0.05, 0) is 23.3 Å². The Bertz CT molecular complexity index is 1160. The van der Waals surface area contributed by atoms with Gasteiger partial charge in [-0.1, -0.05) is 70.0 Å². The molecule has 2 aliphatic rings. The van der Waals surface area contributed by atoms with Gasteiger partial charge in [-0.2, -0.15) is 0 Å². The number of carbonyl (C=O) groups excluding carboxylic acids is 1. The minimum absolute atomic E-state index is 0.108. The molecule has 1 saturated carbocycles. The van der Waals surface area contributed by atoms with Crippen LogP contribution in [0, 0.1) is 5.92 Å². The highest BCUT2D eigenvalue weighted by atomic mass is 79.9. The average Bonchev–Trinajstić information content (AvgIpc) is 3.18. The van der Waals surface area contributed by atoms with E-state index < -0.39 is 29.0 Å². The van der Waals surface area contributed by atoms with E-state index in [2.05, 4.69) is 20.9 Å². The number of carbonyl (C=O) groups is 1. The summed E-state index contributed by atoms with van der Waals surface area (Å²) in [5.74, 6) is -1.12. The molecule has 0 radical (unpaired) electrons. The number of aromatic nitrogens is 1. The van der Waals surface area contributed by atoms with Crippen LogP contribution in [0.4, 0.5) is 0 Å². The summed E-state index contributed by atoms with van der Waals surface area (Å²) in [7, 11) is 1.36. The van der Waals surface area contributed by atoms with Gasteiger partial charge in [0.05, 0.1) is 18.1 Å². The van der Waals surface area contributed by atoms with E-state index in [1.165, 1.54) is 13.3 Å². The van der Waals surface area contributed by atoms with Crippen molar-refractivity contribution in [1.29, 1.82) is 0 Å². The summed E-state index contributed by atoms with van der Waals surface area (Å²) in [6, 6.07) is 18.9. The maximum atomic E-state index is 12.9. The predicted octanol–water partition coefficient (Wildman–Crippen LogP) is 4.95. The van der Waals surface area contributed by atoms with Crippen molar-refractivity contribution < 1.29 is 19.4 Å². The molecule has 1 aromatic heterocycles. The maximum absolute atomic E-state index is 12.9. The second kappa shape index (κ2) is 7.33. The summed E-state index contributed by atoms with van der Waals surface area (Å²) < 4.78 is 12.6. The minimum Gasteiger partial charge on any atom is -0.476 e. The van der Waals surface area contributed by atoms with Crippen LogP contribution in [0.1, 0.15) is 29.2 Å². The van der Waals surface area contributed by atoms with Gasteiger partial charge in [0.25, 0.3) is 0 Å². The Morgan fingerprint density at radius 3 is 2.61 bits per heavy atom. The number of hydrogen-bond donors (Lipinski definition) is 1. The lowest BCUT2D eigenvalue weighted by Crippen LogP contribution is -2.48. The third-order valence-electron chi connectivity index (χ3n) is 6.39. The van der Waals surface area contributed by atoms with Gasteiger partial charge < -0.3 is 14.6 Å². The molecule has 0 saturated heterocycles. The SMILES string of the molecule is COC(=O)[C@H]1CC2(O)c3ncc(Cl)cc3O[C@@]2(c2ccc(Br)cc2)[C@@H]1c1ccccc1. The quantitative estimate of drug-likeness (QED) is 0.516. The van der Waals surface area contributed by atoms with E-state index >= 15 is 0 Å². The topological polar surface area (TPSA) is 68.7 Å². The number of fused-ring (bicyclic) bond motifs is 3. The number of rotatable bonds is 3. The van der Waals surface area contributed by atoms with Crippen molar-refractivity contribution in [2.24, 2.45) is 5.92 Å². The number of benzene rings is 2. The Morgan fingerprint density at radius 2 is 1.94 bits per heavy atom. The monoisotopic (exact) mass is 499 g/mol. The van der Waals surface area contributed by atoms with Crippen LogP contribution in [0.25, 0.3) is 0 Å². The molecule has 1 aliphatic carbocycles. The highest BCUT2D eigenvalue weighted by Gasteiger charge is 2.73. The van der Waals surface area contributed by atoms with Gasteiger partial charge in [-0.3, -0.25) is 9.78 Å². The molecule has 1 fully saturated rings. The zero-order valence-electron chi connectivity index (χ0n) is 16.6. The largest absolute Gasteiger partial charge is 0.476 e. The first-order chi connectivity index (χ1) is 14.9. The minimum atomic E-state index is -1.56. The molecule has 2 aromatic carbocycles. The number of ether oxygens (including phenoxy) is 2. The van der Waals surface area contributed by atoms with Gasteiger partial charge in [-0.25, -0.2) is 0 Å². The first kappa shape index (κ1) is 20.5. The molecule has 4 atom stereocenters. The standard InChI is InChI=1S/C24H19BrClNO4/c1-30-22(28)18-12-23(29)21-19(11-17(26)13-27-21)31-24(23,15-7-9-16(25)10-8-15)20(18)14-5-3-2-4-6-14/h2-11,13,18,20,29H,12H2,1H3/t18-,20+,23?,24-/m0/s1. The molecule has 0 spiro atoms. The Balaban J connectivity index is 1.82. The molecule has 1 aliphatic heterocycles. The number of aliphatic hydroxyl groups is 1. The Hall–Kier alpha value is -2.41. The van der Waals surface area contributed by atoms with E-state index in [-0.39, 0.29) is 6.42 Å². The number of pyridine rings is 1. The number of nitrogens with zero attached hydrogens (tertiary/aromatic N) is 1. The molecule has 3 aromatic rings. The maximum Gasteiger partial charge on any atom is 0.309 e. The third-order valence-corrected chi connectivity index (χ3v) is 7.12. The van der Waals surface area contributed by atoms with E-state index in [1.54, 1.807) is 6.07 Å². The van der Waals surface area contributed by atoms with Crippen LogP contribution < -0.4 is 4.74 Å². The highest BCUT2D eigenvalue weighted by Crippen LogP contribution is 2.68. The fourth-order valence-corrected chi connectivity index (χ4v) is 5.62. The highest BCUT2D eigenvalue weighted by molar-refractivity contribution is 9.10. The Morgan fingerprint density at radius 1 is 1.23 bits per heavy atom. The van der Waals surface area contributed by atoms with Crippen molar-refractivity contribution >= 4 is 33.5 Å². The van der Waals surface area contributed by atoms with Gasteiger partial charge in [0, 0.05) is 29.1 Å². The normalized spacial score (nSPS) is 28.5. The van der Waals surface area contributed by atoms with E-state index in [1.807, 2.05) is 54.6 Å². The molecule has 0 amide bonds. The molecule has 7 heteroatoms. The lowest BCUT2D eigenvalue weighted by atomic mass is 9.71. The zero-order chi connectivity index (χ0) is 21.8. The van der Waals surface area contributed by atoms with Crippen LogP contribution >= 0.6 is 27.5 Å². The van der Waals surface area contributed by atoms with Crippen molar-refractivity contribution in [1.82, 2.24) is 4.98 Å². The van der Waals surface area contributed by atoms with Crippen LogP contribution in [0.3, 0.4) is 0 Å². The van der Waals surface area contributed by atoms with Crippen LogP contribution in [0.2, 0.25) is 5.02 Å². The van der Waals surface area contributed by atoms with Gasteiger partial charge in [0.15, 0.2) is 11.2 Å². The van der Waals surface area contributed by atoms with Crippen LogP contribution in [-0.4, -0.2) is 23.2 Å². The van der Waals surface area contributed by atoms with E-state index in [0.29, 0.717) is 16.5 Å². The lowest BCUT2D eigenvalue weighted by Gasteiger charge is -2.40. The van der Waals surface area contributed by atoms with Gasteiger partial charge in [0.1, 0.15) is 11.4 Å². The first-order valence-electron chi connectivity index (χ1n) is 9.87. The summed E-state index contributed by atoms with van der Waals surface area (Å²) in [5.41, 5.74) is -0.844. The average molecular weight is 501 g/mol. The van der Waals surface area contributed by atoms with E-state index in [4.69, 9.17) is 21.1 Å². The summed E-state index contributed by atoms with van der Waals surface area (Å²) in [4.78, 5) is 17.4. The van der Waals surface area contributed by atoms with Crippen LogP contribution in [0.15, 0.2) is 71.3 Å². The van der Waals surface area contributed by atoms with Gasteiger partial charge >= 0.3 is 5.97 Å². The molecule has 5 nitrogen and oxygen atoms in total. The second-order valence-corrected chi connectivity index (χ2v) is 9.28. The molecule has 2 heterocycles. The van der Waals surface area contributed by atoms with Crippen molar-refractivity contribution in [3.8, 4) is 5.75 Å². The summed E-state index contributed by atoms with van der Waals surface area (Å²) in [6.07, 6.45) is 1.60. The number of hydrogen-bond acceptors (Lipinski definition) is 5. The van der Waals surface area contributed by atoms with Crippen molar-refractivity contribution in [3.63, 3.8) is 0 Å². The third kappa shape index (κ3) is 2.85. The van der Waals surface area contributed by atoms with Crippen molar-refractivity contribution in [2.75, 3.05) is 7.11 Å². The number of halogens is 2. The molecule has 0 bridgehead atoms. The zero-order valence-corrected chi connectivity index (χ0v) is 18.9.